The molecule has 1 heterocycles. The summed E-state index contributed by atoms with van der Waals surface area (Å²) in [6.07, 6.45) is 6.80. The predicted octanol–water partition coefficient (Wildman–Crippen LogP) is 2.76. The van der Waals surface area contributed by atoms with Gasteiger partial charge in [-0.2, -0.15) is 0 Å². The second-order valence-electron chi connectivity index (χ2n) is 7.78. The predicted molar refractivity (Wildman–Crippen MR) is 92.4 cm³/mol. The molecule has 0 aromatic rings. The number of amides is 1. The van der Waals surface area contributed by atoms with Gasteiger partial charge in [-0.25, -0.2) is 0 Å². The SMILES string of the molecule is COCC1(C(=O)NCC2CCC(C)(C)CC2)CCNCC1.Cl. The number of rotatable bonds is 5. The average molecular weight is 333 g/mol. The number of hydrogen-bond donors (Lipinski definition) is 2. The van der Waals surface area contributed by atoms with Crippen molar-refractivity contribution in [1.82, 2.24) is 10.6 Å². The lowest BCUT2D eigenvalue weighted by Gasteiger charge is -2.37. The third kappa shape index (κ3) is 5.10. The number of nitrogens with one attached hydrogen (secondary N) is 2. The van der Waals surface area contributed by atoms with E-state index in [2.05, 4.69) is 24.5 Å². The van der Waals surface area contributed by atoms with Crippen molar-refractivity contribution < 1.29 is 9.53 Å². The highest BCUT2D eigenvalue weighted by atomic mass is 35.5. The molecule has 5 heteroatoms. The summed E-state index contributed by atoms with van der Waals surface area (Å²) in [5, 5.41) is 6.56. The number of hydrogen-bond acceptors (Lipinski definition) is 3. The number of carbonyl (C=O) groups excluding carboxylic acids is 1. The fourth-order valence-electron chi connectivity index (χ4n) is 3.71. The summed E-state index contributed by atoms with van der Waals surface area (Å²) in [5.41, 5.74) is 0.181. The van der Waals surface area contributed by atoms with Crippen LogP contribution in [0.4, 0.5) is 0 Å². The minimum Gasteiger partial charge on any atom is -0.384 e. The molecule has 130 valence electrons. The molecular weight excluding hydrogens is 300 g/mol. The summed E-state index contributed by atoms with van der Waals surface area (Å²) in [6, 6.07) is 0. The number of carbonyl (C=O) groups is 1. The van der Waals surface area contributed by atoms with E-state index in [-0.39, 0.29) is 23.7 Å². The highest BCUT2D eigenvalue weighted by molar-refractivity contribution is 5.85. The first-order valence-corrected chi connectivity index (χ1v) is 8.45. The molecule has 1 aliphatic heterocycles. The van der Waals surface area contributed by atoms with Gasteiger partial charge in [-0.05, 0) is 62.9 Å². The molecule has 22 heavy (non-hydrogen) atoms. The van der Waals surface area contributed by atoms with Crippen LogP contribution in [0.2, 0.25) is 0 Å². The molecule has 0 bridgehead atoms. The van der Waals surface area contributed by atoms with E-state index in [4.69, 9.17) is 4.74 Å². The first kappa shape index (κ1) is 19.7. The fraction of sp³-hybridized carbons (Fsp3) is 0.941. The summed E-state index contributed by atoms with van der Waals surface area (Å²) in [6.45, 7) is 7.91. The molecule has 0 spiro atoms. The molecule has 4 nitrogen and oxygen atoms in total. The van der Waals surface area contributed by atoms with Gasteiger partial charge in [0, 0.05) is 13.7 Å². The van der Waals surface area contributed by atoms with Crippen molar-refractivity contribution >= 4 is 18.3 Å². The lowest BCUT2D eigenvalue weighted by Crippen LogP contribution is -2.51. The standard InChI is InChI=1S/C17H32N2O2.ClH/c1-16(2)6-4-14(5-7-16)12-19-15(20)17(13-21-3)8-10-18-11-9-17;/h14,18H,4-13H2,1-3H3,(H,19,20);1H. The Morgan fingerprint density at radius 2 is 1.77 bits per heavy atom. The second kappa shape index (κ2) is 8.51. The molecule has 1 amide bonds. The van der Waals surface area contributed by atoms with Gasteiger partial charge in [0.2, 0.25) is 5.91 Å². The summed E-state index contributed by atoms with van der Waals surface area (Å²) in [5.74, 6) is 0.860. The molecule has 2 rings (SSSR count). The Hall–Kier alpha value is -0.320. The van der Waals surface area contributed by atoms with Crippen molar-refractivity contribution in [2.24, 2.45) is 16.7 Å². The zero-order valence-corrected chi connectivity index (χ0v) is 15.2. The van der Waals surface area contributed by atoms with Crippen LogP contribution >= 0.6 is 12.4 Å². The Morgan fingerprint density at radius 1 is 1.18 bits per heavy atom. The molecule has 1 saturated carbocycles. The van der Waals surface area contributed by atoms with Crippen molar-refractivity contribution in [3.8, 4) is 0 Å². The van der Waals surface area contributed by atoms with E-state index in [9.17, 15) is 4.79 Å². The maximum atomic E-state index is 12.7. The maximum Gasteiger partial charge on any atom is 0.228 e. The van der Waals surface area contributed by atoms with Gasteiger partial charge in [0.15, 0.2) is 0 Å². The van der Waals surface area contributed by atoms with E-state index >= 15 is 0 Å². The third-order valence-electron chi connectivity index (χ3n) is 5.47. The van der Waals surface area contributed by atoms with Gasteiger partial charge in [0.25, 0.3) is 0 Å². The number of ether oxygens (including phenoxy) is 1. The molecule has 0 radical (unpaired) electrons. The largest absolute Gasteiger partial charge is 0.384 e. The van der Waals surface area contributed by atoms with E-state index in [0.717, 1.165) is 32.5 Å². The minimum atomic E-state index is -0.312. The van der Waals surface area contributed by atoms with Crippen LogP contribution in [0.15, 0.2) is 0 Å². The number of halogens is 1. The fourth-order valence-corrected chi connectivity index (χ4v) is 3.71. The molecule has 0 aromatic carbocycles. The van der Waals surface area contributed by atoms with E-state index < -0.39 is 0 Å². The van der Waals surface area contributed by atoms with Crippen molar-refractivity contribution in [1.29, 1.82) is 0 Å². The lowest BCUT2D eigenvalue weighted by atomic mass is 9.73. The van der Waals surface area contributed by atoms with Gasteiger partial charge in [-0.15, -0.1) is 12.4 Å². The van der Waals surface area contributed by atoms with Gasteiger partial charge in [0.1, 0.15) is 0 Å². The number of piperidine rings is 1. The molecule has 1 aliphatic carbocycles. The van der Waals surface area contributed by atoms with Gasteiger partial charge >= 0.3 is 0 Å². The molecular formula is C17H33ClN2O2. The Labute approximate surface area is 141 Å². The molecule has 2 fully saturated rings. The lowest BCUT2D eigenvalue weighted by molar-refractivity contribution is -0.136. The highest BCUT2D eigenvalue weighted by Crippen LogP contribution is 2.38. The van der Waals surface area contributed by atoms with E-state index in [1.807, 2.05) is 0 Å². The van der Waals surface area contributed by atoms with Gasteiger partial charge in [-0.3, -0.25) is 4.79 Å². The highest BCUT2D eigenvalue weighted by Gasteiger charge is 2.39. The van der Waals surface area contributed by atoms with Crippen LogP contribution in [0.3, 0.4) is 0 Å². The van der Waals surface area contributed by atoms with Crippen LogP contribution in [0.5, 0.6) is 0 Å². The first-order chi connectivity index (χ1) is 9.97. The van der Waals surface area contributed by atoms with Crippen LogP contribution in [-0.4, -0.2) is 39.3 Å². The van der Waals surface area contributed by atoms with Crippen molar-refractivity contribution in [3.63, 3.8) is 0 Å². The zero-order chi connectivity index (χ0) is 15.3. The van der Waals surface area contributed by atoms with E-state index in [1.54, 1.807) is 7.11 Å². The van der Waals surface area contributed by atoms with Gasteiger partial charge in [0.05, 0.1) is 12.0 Å². The normalized spacial score (nSPS) is 24.3. The van der Waals surface area contributed by atoms with Crippen LogP contribution in [0, 0.1) is 16.7 Å². The molecule has 0 aromatic heterocycles. The quantitative estimate of drug-likeness (QED) is 0.814. The topological polar surface area (TPSA) is 50.4 Å². The molecule has 2 aliphatic rings. The second-order valence-corrected chi connectivity index (χ2v) is 7.78. The summed E-state index contributed by atoms with van der Waals surface area (Å²) >= 11 is 0. The minimum absolute atomic E-state index is 0. The Morgan fingerprint density at radius 3 is 2.32 bits per heavy atom. The molecule has 1 saturated heterocycles. The summed E-state index contributed by atoms with van der Waals surface area (Å²) in [7, 11) is 1.69. The van der Waals surface area contributed by atoms with Gasteiger partial charge in [-0.1, -0.05) is 13.8 Å². The van der Waals surface area contributed by atoms with Crippen LogP contribution in [0.25, 0.3) is 0 Å². The summed E-state index contributed by atoms with van der Waals surface area (Å²) in [4.78, 5) is 12.7. The number of methoxy groups -OCH3 is 1. The van der Waals surface area contributed by atoms with Crippen LogP contribution in [0.1, 0.15) is 52.4 Å². The molecule has 0 atom stereocenters. The average Bonchev–Trinajstić information content (AvgIpc) is 2.47. The Bertz CT molecular complexity index is 339. The van der Waals surface area contributed by atoms with Crippen LogP contribution in [-0.2, 0) is 9.53 Å². The van der Waals surface area contributed by atoms with Gasteiger partial charge < -0.3 is 15.4 Å². The molecule has 0 unspecified atom stereocenters. The van der Waals surface area contributed by atoms with Crippen molar-refractivity contribution in [2.75, 3.05) is 33.4 Å². The maximum absolute atomic E-state index is 12.7. The smallest absolute Gasteiger partial charge is 0.228 e. The van der Waals surface area contributed by atoms with E-state index in [0.29, 0.717) is 17.9 Å². The Kier molecular flexibility index (Phi) is 7.63. The monoisotopic (exact) mass is 332 g/mol. The third-order valence-corrected chi connectivity index (χ3v) is 5.47. The van der Waals surface area contributed by atoms with Crippen LogP contribution < -0.4 is 10.6 Å². The zero-order valence-electron chi connectivity index (χ0n) is 14.4. The summed E-state index contributed by atoms with van der Waals surface area (Å²) < 4.78 is 5.34. The first-order valence-electron chi connectivity index (χ1n) is 8.45. The van der Waals surface area contributed by atoms with Crippen molar-refractivity contribution in [3.05, 3.63) is 0 Å². The van der Waals surface area contributed by atoms with Crippen molar-refractivity contribution in [2.45, 2.75) is 52.4 Å². The Balaban J connectivity index is 0.00000242. The van der Waals surface area contributed by atoms with E-state index in [1.165, 1.54) is 25.7 Å². The molecule has 2 N–H and O–H groups in total.